The summed E-state index contributed by atoms with van der Waals surface area (Å²) in [5.74, 6) is 0.245. The fraction of sp³-hybridized carbons (Fsp3) is 0.875. The molecular formula is C8H16O2. The Labute approximate surface area is 62.6 Å². The minimum Gasteiger partial charge on any atom is -0.462 e. The predicted molar refractivity (Wildman–Crippen MR) is 40.7 cm³/mol. The van der Waals surface area contributed by atoms with Gasteiger partial charge >= 0.3 is 5.97 Å². The highest BCUT2D eigenvalue weighted by molar-refractivity contribution is 5.66. The highest BCUT2D eigenvalue weighted by Crippen LogP contribution is 2.09. The van der Waals surface area contributed by atoms with Gasteiger partial charge in [0.05, 0.1) is 0 Å². The lowest BCUT2D eigenvalue weighted by Crippen LogP contribution is -2.21. The third-order valence-electron chi connectivity index (χ3n) is 1.46. The van der Waals surface area contributed by atoms with Gasteiger partial charge in [0.2, 0.25) is 0 Å². The van der Waals surface area contributed by atoms with Gasteiger partial charge in [0.25, 0.3) is 0 Å². The molecule has 0 saturated carbocycles. The van der Waals surface area contributed by atoms with E-state index in [0.717, 1.165) is 6.42 Å². The van der Waals surface area contributed by atoms with Crippen molar-refractivity contribution in [2.24, 2.45) is 5.92 Å². The molecule has 1 atom stereocenters. The quantitative estimate of drug-likeness (QED) is 0.566. The van der Waals surface area contributed by atoms with Gasteiger partial charge in [-0.2, -0.15) is 0 Å². The molecular weight excluding hydrogens is 128 g/mol. The second-order valence-electron chi connectivity index (χ2n) is 2.80. The monoisotopic (exact) mass is 144 g/mol. The Morgan fingerprint density at radius 2 is 2.00 bits per heavy atom. The Balaban J connectivity index is 3.71. The van der Waals surface area contributed by atoms with Crippen molar-refractivity contribution in [3.63, 3.8) is 0 Å². The molecule has 0 aliphatic rings. The van der Waals surface area contributed by atoms with E-state index in [1.54, 1.807) is 0 Å². The molecule has 0 aromatic carbocycles. The van der Waals surface area contributed by atoms with E-state index in [0.29, 0.717) is 5.92 Å². The van der Waals surface area contributed by atoms with Crippen LogP contribution in [0.4, 0.5) is 0 Å². The molecule has 60 valence electrons. The Morgan fingerprint density at radius 1 is 1.50 bits per heavy atom. The van der Waals surface area contributed by atoms with Crippen LogP contribution in [0.1, 0.15) is 34.1 Å². The van der Waals surface area contributed by atoms with E-state index >= 15 is 0 Å². The zero-order valence-electron chi connectivity index (χ0n) is 7.18. The normalized spacial score (nSPS) is 13.3. The molecule has 0 spiro atoms. The summed E-state index contributed by atoms with van der Waals surface area (Å²) >= 11 is 0. The molecule has 2 nitrogen and oxygen atoms in total. The summed E-state index contributed by atoms with van der Waals surface area (Å²) in [6, 6.07) is 0. The van der Waals surface area contributed by atoms with Gasteiger partial charge in [-0.1, -0.05) is 20.8 Å². The maximum Gasteiger partial charge on any atom is 0.302 e. The Hall–Kier alpha value is -0.530. The molecule has 0 heterocycles. The maximum absolute atomic E-state index is 10.5. The molecule has 0 bridgehead atoms. The molecule has 0 fully saturated rings. The van der Waals surface area contributed by atoms with Gasteiger partial charge in [-0.05, 0) is 12.3 Å². The summed E-state index contributed by atoms with van der Waals surface area (Å²) in [7, 11) is 0. The first kappa shape index (κ1) is 9.47. The molecule has 0 amide bonds. The fourth-order valence-electron chi connectivity index (χ4n) is 0.904. The summed E-state index contributed by atoms with van der Waals surface area (Å²) in [5.41, 5.74) is 0. The van der Waals surface area contributed by atoms with Crippen LogP contribution in [0.25, 0.3) is 0 Å². The number of carbonyl (C=O) groups excluding carboxylic acids is 1. The van der Waals surface area contributed by atoms with Crippen molar-refractivity contribution in [2.75, 3.05) is 0 Å². The van der Waals surface area contributed by atoms with E-state index in [9.17, 15) is 4.79 Å². The molecule has 0 radical (unpaired) electrons. The van der Waals surface area contributed by atoms with Crippen molar-refractivity contribution >= 4 is 5.97 Å². The standard InChI is InChI=1S/C8H16O2/c1-5-8(6(2)3)10-7(4)9/h6,8H,5H2,1-4H3/t8-/m1/s1. The van der Waals surface area contributed by atoms with Crippen LogP contribution in [0, 0.1) is 5.92 Å². The average Bonchev–Trinajstić information content (AvgIpc) is 1.81. The van der Waals surface area contributed by atoms with Crippen molar-refractivity contribution in [3.05, 3.63) is 0 Å². The third kappa shape index (κ3) is 3.49. The Kier molecular flexibility index (Phi) is 4.08. The predicted octanol–water partition coefficient (Wildman–Crippen LogP) is 1.98. The number of carbonyl (C=O) groups is 1. The van der Waals surface area contributed by atoms with Crippen LogP contribution in [0.2, 0.25) is 0 Å². The van der Waals surface area contributed by atoms with E-state index in [4.69, 9.17) is 4.74 Å². The van der Waals surface area contributed by atoms with Crippen LogP contribution >= 0.6 is 0 Å². The van der Waals surface area contributed by atoms with Crippen molar-refractivity contribution in [1.29, 1.82) is 0 Å². The highest BCUT2D eigenvalue weighted by atomic mass is 16.5. The number of ether oxygens (including phenoxy) is 1. The molecule has 2 heteroatoms. The second-order valence-corrected chi connectivity index (χ2v) is 2.80. The lowest BCUT2D eigenvalue weighted by Gasteiger charge is -2.18. The van der Waals surface area contributed by atoms with Crippen LogP contribution in [0.5, 0.6) is 0 Å². The van der Waals surface area contributed by atoms with E-state index in [2.05, 4.69) is 13.8 Å². The SMILES string of the molecule is CC[C@@H](OC(C)=O)C(C)C. The van der Waals surface area contributed by atoms with Crippen molar-refractivity contribution in [2.45, 2.75) is 40.2 Å². The summed E-state index contributed by atoms with van der Waals surface area (Å²) in [6.07, 6.45) is 0.995. The van der Waals surface area contributed by atoms with Crippen molar-refractivity contribution in [3.8, 4) is 0 Å². The topological polar surface area (TPSA) is 26.3 Å². The summed E-state index contributed by atoms with van der Waals surface area (Å²) in [5, 5.41) is 0. The van der Waals surface area contributed by atoms with E-state index < -0.39 is 0 Å². The number of hydrogen-bond acceptors (Lipinski definition) is 2. The minimum atomic E-state index is -0.180. The van der Waals surface area contributed by atoms with Gasteiger partial charge in [-0.15, -0.1) is 0 Å². The lowest BCUT2D eigenvalue weighted by atomic mass is 10.1. The second kappa shape index (κ2) is 4.31. The summed E-state index contributed by atoms with van der Waals surface area (Å²) < 4.78 is 5.02. The highest BCUT2D eigenvalue weighted by Gasteiger charge is 2.12. The molecule has 0 aromatic heterocycles. The molecule has 0 rings (SSSR count). The van der Waals surface area contributed by atoms with E-state index in [1.807, 2.05) is 6.92 Å². The van der Waals surface area contributed by atoms with Gasteiger partial charge in [-0.3, -0.25) is 4.79 Å². The molecule has 0 N–H and O–H groups in total. The molecule has 0 aliphatic heterocycles. The Morgan fingerprint density at radius 3 is 2.10 bits per heavy atom. The van der Waals surface area contributed by atoms with E-state index in [1.165, 1.54) is 6.92 Å². The molecule has 0 unspecified atom stereocenters. The van der Waals surface area contributed by atoms with E-state index in [-0.39, 0.29) is 12.1 Å². The first-order chi connectivity index (χ1) is 4.57. The Bertz CT molecular complexity index is 108. The lowest BCUT2D eigenvalue weighted by molar-refractivity contribution is -0.148. The van der Waals surface area contributed by atoms with Gasteiger partial charge in [0.15, 0.2) is 0 Å². The van der Waals surface area contributed by atoms with Crippen molar-refractivity contribution < 1.29 is 9.53 Å². The first-order valence-electron chi connectivity index (χ1n) is 3.75. The number of hydrogen-bond donors (Lipinski definition) is 0. The first-order valence-corrected chi connectivity index (χ1v) is 3.75. The molecule has 0 aromatic rings. The number of rotatable bonds is 3. The minimum absolute atomic E-state index is 0.0949. The van der Waals surface area contributed by atoms with Gasteiger partial charge in [0, 0.05) is 6.92 Å². The van der Waals surface area contributed by atoms with Crippen LogP contribution in [-0.4, -0.2) is 12.1 Å². The van der Waals surface area contributed by atoms with Gasteiger partial charge in [-0.25, -0.2) is 0 Å². The summed E-state index contributed by atoms with van der Waals surface area (Å²) in [6.45, 7) is 7.58. The van der Waals surface area contributed by atoms with Gasteiger partial charge in [0.1, 0.15) is 6.10 Å². The van der Waals surface area contributed by atoms with Crippen molar-refractivity contribution in [1.82, 2.24) is 0 Å². The molecule has 0 saturated heterocycles. The van der Waals surface area contributed by atoms with Gasteiger partial charge < -0.3 is 4.74 Å². The summed E-state index contributed by atoms with van der Waals surface area (Å²) in [4.78, 5) is 10.5. The largest absolute Gasteiger partial charge is 0.462 e. The average molecular weight is 144 g/mol. The van der Waals surface area contributed by atoms with Crippen LogP contribution in [-0.2, 0) is 9.53 Å². The van der Waals surface area contributed by atoms with Crippen LogP contribution in [0.3, 0.4) is 0 Å². The molecule has 10 heavy (non-hydrogen) atoms. The number of esters is 1. The third-order valence-corrected chi connectivity index (χ3v) is 1.46. The van der Waals surface area contributed by atoms with Crippen LogP contribution in [0.15, 0.2) is 0 Å². The zero-order valence-corrected chi connectivity index (χ0v) is 7.18. The zero-order chi connectivity index (χ0) is 8.15. The molecule has 0 aliphatic carbocycles. The smallest absolute Gasteiger partial charge is 0.302 e. The van der Waals surface area contributed by atoms with Crippen LogP contribution < -0.4 is 0 Å². The fourth-order valence-corrected chi connectivity index (χ4v) is 0.904. The maximum atomic E-state index is 10.5.